The highest BCUT2D eigenvalue weighted by Crippen LogP contribution is 2.16. The quantitative estimate of drug-likeness (QED) is 0.527. The third-order valence-corrected chi connectivity index (χ3v) is 4.17. The minimum Gasteiger partial charge on any atom is -0.497 e. The maximum absolute atomic E-state index is 11.0. The Morgan fingerprint density at radius 3 is 2.31 bits per heavy atom. The summed E-state index contributed by atoms with van der Waals surface area (Å²) in [6.07, 6.45) is 2.94. The van der Waals surface area contributed by atoms with Crippen LogP contribution >= 0.6 is 0 Å². The average Bonchev–Trinajstić information content (AvgIpc) is 3.19. The van der Waals surface area contributed by atoms with Crippen LogP contribution in [0.4, 0.5) is 0 Å². The van der Waals surface area contributed by atoms with Crippen LogP contribution in [0.3, 0.4) is 0 Å². The number of rotatable bonds is 9. The predicted octanol–water partition coefficient (Wildman–Crippen LogP) is 2.18. The molecule has 0 saturated heterocycles. The number of nitrogens with zero attached hydrogens (tertiary/aromatic N) is 3. The van der Waals surface area contributed by atoms with Gasteiger partial charge in [-0.3, -0.25) is 9.59 Å². The number of aliphatic carboxylic acids is 2. The molecular formula is C20H19N3O6. The Morgan fingerprint density at radius 2 is 1.72 bits per heavy atom. The molecule has 0 radical (unpaired) electrons. The van der Waals surface area contributed by atoms with E-state index in [1.165, 1.54) is 4.68 Å². The number of hydrogen-bond donors (Lipinski definition) is 2. The van der Waals surface area contributed by atoms with Crippen molar-refractivity contribution in [2.45, 2.75) is 13.0 Å². The number of hydrogen-bond acceptors (Lipinski definition) is 6. The maximum atomic E-state index is 11.0. The lowest BCUT2D eigenvalue weighted by Gasteiger charge is -2.08. The largest absolute Gasteiger partial charge is 0.497 e. The van der Waals surface area contributed by atoms with Gasteiger partial charge in [0.15, 0.2) is 11.7 Å². The molecule has 2 aromatic heterocycles. The lowest BCUT2D eigenvalue weighted by Crippen LogP contribution is -2.25. The van der Waals surface area contributed by atoms with Gasteiger partial charge in [-0.1, -0.05) is 12.1 Å². The Hall–Kier alpha value is -3.88. The van der Waals surface area contributed by atoms with E-state index in [-0.39, 0.29) is 6.42 Å². The van der Waals surface area contributed by atoms with E-state index in [2.05, 4.69) is 10.1 Å². The van der Waals surface area contributed by atoms with Crippen molar-refractivity contribution < 1.29 is 29.3 Å². The Kier molecular flexibility index (Phi) is 6.08. The minimum absolute atomic E-state index is 0.208. The highest BCUT2D eigenvalue weighted by atomic mass is 16.5. The van der Waals surface area contributed by atoms with Crippen molar-refractivity contribution in [2.24, 2.45) is 5.92 Å². The number of carbonyl (C=O) groups is 2. The number of carboxylic acids is 2. The molecule has 9 heteroatoms. The van der Waals surface area contributed by atoms with Gasteiger partial charge in [-0.2, -0.15) is 5.10 Å². The maximum Gasteiger partial charge on any atom is 0.318 e. The van der Waals surface area contributed by atoms with E-state index in [4.69, 9.17) is 19.7 Å². The first-order valence-corrected chi connectivity index (χ1v) is 8.68. The van der Waals surface area contributed by atoms with E-state index >= 15 is 0 Å². The van der Waals surface area contributed by atoms with Gasteiger partial charge in [-0.25, -0.2) is 9.67 Å². The molecule has 3 aromatic rings. The highest BCUT2D eigenvalue weighted by Gasteiger charge is 2.27. The Morgan fingerprint density at radius 1 is 1.03 bits per heavy atom. The van der Waals surface area contributed by atoms with Gasteiger partial charge in [0.2, 0.25) is 0 Å². The van der Waals surface area contributed by atoms with Crippen LogP contribution in [0.25, 0.3) is 5.82 Å². The molecule has 2 heterocycles. The standard InChI is InChI=1S/C20H19N3O6/c1-28-15-4-2-13(3-5-15)12-29-16-6-7-18(21-11-16)23-9-8-14(22-23)10-17(19(24)25)20(26)27/h2-9,11,17H,10,12H2,1H3,(H,24,25)(H,26,27). The molecule has 0 saturated carbocycles. The van der Waals surface area contributed by atoms with Crippen LogP contribution in [-0.4, -0.2) is 44.0 Å². The fraction of sp³-hybridized carbons (Fsp3) is 0.200. The number of methoxy groups -OCH3 is 1. The number of benzene rings is 1. The molecule has 2 N–H and O–H groups in total. The minimum atomic E-state index is -1.54. The summed E-state index contributed by atoms with van der Waals surface area (Å²) in [4.78, 5) is 26.3. The molecule has 1 aromatic carbocycles. The number of pyridine rings is 1. The van der Waals surface area contributed by atoms with Crippen LogP contribution in [-0.2, 0) is 22.6 Å². The van der Waals surface area contributed by atoms with Crippen LogP contribution in [0.1, 0.15) is 11.3 Å². The summed E-state index contributed by atoms with van der Waals surface area (Å²) in [5.74, 6) is -2.49. The van der Waals surface area contributed by atoms with Gasteiger partial charge in [-0.15, -0.1) is 0 Å². The van der Waals surface area contributed by atoms with Gasteiger partial charge in [0.05, 0.1) is 19.0 Å². The van der Waals surface area contributed by atoms with E-state index in [1.807, 2.05) is 24.3 Å². The van der Waals surface area contributed by atoms with Crippen LogP contribution in [0.5, 0.6) is 11.5 Å². The normalized spacial score (nSPS) is 10.7. The van der Waals surface area contributed by atoms with Crippen LogP contribution in [0, 0.1) is 5.92 Å². The predicted molar refractivity (Wildman–Crippen MR) is 101 cm³/mol. The van der Waals surface area contributed by atoms with Gasteiger partial charge in [0, 0.05) is 12.6 Å². The fourth-order valence-electron chi connectivity index (χ4n) is 2.57. The molecule has 0 atom stereocenters. The third-order valence-electron chi connectivity index (χ3n) is 4.17. The zero-order valence-corrected chi connectivity index (χ0v) is 15.6. The molecule has 0 unspecified atom stereocenters. The summed E-state index contributed by atoms with van der Waals surface area (Å²) in [6, 6.07) is 12.5. The molecule has 9 nitrogen and oxygen atoms in total. The lowest BCUT2D eigenvalue weighted by molar-refractivity contribution is -0.154. The van der Waals surface area contributed by atoms with Crippen molar-refractivity contribution in [3.8, 4) is 17.3 Å². The van der Waals surface area contributed by atoms with E-state index < -0.39 is 17.9 Å². The zero-order chi connectivity index (χ0) is 20.8. The average molecular weight is 397 g/mol. The highest BCUT2D eigenvalue weighted by molar-refractivity contribution is 5.93. The summed E-state index contributed by atoms with van der Waals surface area (Å²) in [5, 5.41) is 22.1. The van der Waals surface area contributed by atoms with Crippen molar-refractivity contribution in [1.82, 2.24) is 14.8 Å². The van der Waals surface area contributed by atoms with Gasteiger partial charge in [0.1, 0.15) is 18.1 Å². The Balaban J connectivity index is 1.62. The molecular weight excluding hydrogens is 378 g/mol. The van der Waals surface area contributed by atoms with Crippen molar-refractivity contribution in [1.29, 1.82) is 0 Å². The number of ether oxygens (including phenoxy) is 2. The SMILES string of the molecule is COc1ccc(COc2ccc(-n3ccc(CC(C(=O)O)C(=O)O)n3)nc2)cc1. The second-order valence-electron chi connectivity index (χ2n) is 6.17. The first-order valence-electron chi connectivity index (χ1n) is 8.68. The van der Waals surface area contributed by atoms with Gasteiger partial charge in [-0.05, 0) is 35.9 Å². The summed E-state index contributed by atoms with van der Waals surface area (Å²) in [6.45, 7) is 0.378. The smallest absolute Gasteiger partial charge is 0.318 e. The summed E-state index contributed by atoms with van der Waals surface area (Å²) >= 11 is 0. The lowest BCUT2D eigenvalue weighted by atomic mass is 10.0. The van der Waals surface area contributed by atoms with Crippen LogP contribution in [0.2, 0.25) is 0 Å². The second kappa shape index (κ2) is 8.87. The topological polar surface area (TPSA) is 124 Å². The monoisotopic (exact) mass is 397 g/mol. The first-order chi connectivity index (χ1) is 14.0. The third kappa shape index (κ3) is 5.10. The molecule has 0 aliphatic rings. The first kappa shape index (κ1) is 19.9. The fourth-order valence-corrected chi connectivity index (χ4v) is 2.57. The van der Waals surface area contributed by atoms with Crippen molar-refractivity contribution in [3.05, 3.63) is 66.1 Å². The second-order valence-corrected chi connectivity index (χ2v) is 6.17. The molecule has 0 amide bonds. The molecule has 0 aliphatic carbocycles. The molecule has 29 heavy (non-hydrogen) atoms. The summed E-state index contributed by atoms with van der Waals surface area (Å²) < 4.78 is 12.3. The number of carboxylic acid groups (broad SMARTS) is 2. The van der Waals surface area contributed by atoms with Gasteiger partial charge in [0.25, 0.3) is 0 Å². The van der Waals surface area contributed by atoms with Crippen LogP contribution < -0.4 is 9.47 Å². The van der Waals surface area contributed by atoms with Crippen molar-refractivity contribution in [3.63, 3.8) is 0 Å². The molecule has 0 bridgehead atoms. The molecule has 150 valence electrons. The van der Waals surface area contributed by atoms with E-state index in [0.29, 0.717) is 23.9 Å². The van der Waals surface area contributed by atoms with E-state index in [1.54, 1.807) is 37.7 Å². The Bertz CT molecular complexity index is 968. The van der Waals surface area contributed by atoms with E-state index in [0.717, 1.165) is 11.3 Å². The Labute approximate surface area is 166 Å². The van der Waals surface area contributed by atoms with Crippen molar-refractivity contribution in [2.75, 3.05) is 7.11 Å². The molecule has 0 spiro atoms. The van der Waals surface area contributed by atoms with Crippen LogP contribution in [0.15, 0.2) is 54.9 Å². The van der Waals surface area contributed by atoms with Crippen molar-refractivity contribution >= 4 is 11.9 Å². The molecule has 3 rings (SSSR count). The molecule has 0 aliphatic heterocycles. The molecule has 0 fully saturated rings. The van der Waals surface area contributed by atoms with Gasteiger partial charge < -0.3 is 19.7 Å². The number of aromatic nitrogens is 3. The van der Waals surface area contributed by atoms with E-state index in [9.17, 15) is 9.59 Å². The van der Waals surface area contributed by atoms with Gasteiger partial charge >= 0.3 is 11.9 Å². The summed E-state index contributed by atoms with van der Waals surface area (Å²) in [7, 11) is 1.61. The zero-order valence-electron chi connectivity index (χ0n) is 15.6. The summed E-state index contributed by atoms with van der Waals surface area (Å²) in [5.41, 5.74) is 1.33.